The van der Waals surface area contributed by atoms with Gasteiger partial charge in [-0.05, 0) is 18.2 Å². The van der Waals surface area contributed by atoms with E-state index in [1.54, 1.807) is 12.1 Å². The lowest BCUT2D eigenvalue weighted by Gasteiger charge is -2.04. The van der Waals surface area contributed by atoms with E-state index in [0.29, 0.717) is 5.75 Å². The first-order chi connectivity index (χ1) is 8.16. The number of halogens is 1. The number of aromatic nitrogens is 1. The summed E-state index contributed by atoms with van der Waals surface area (Å²) < 4.78 is 18.6. The van der Waals surface area contributed by atoms with E-state index in [4.69, 9.17) is 4.74 Å². The van der Waals surface area contributed by atoms with Crippen molar-refractivity contribution >= 4 is 5.69 Å². The fourth-order valence-corrected chi connectivity index (χ4v) is 1.24. The van der Waals surface area contributed by atoms with Crippen molar-refractivity contribution in [1.82, 2.24) is 4.98 Å². The molecule has 0 bridgehead atoms. The van der Waals surface area contributed by atoms with Crippen molar-refractivity contribution in [3.05, 3.63) is 58.7 Å². The van der Waals surface area contributed by atoms with Gasteiger partial charge in [-0.15, -0.1) is 0 Å². The van der Waals surface area contributed by atoms with Crippen molar-refractivity contribution in [3.8, 4) is 11.5 Å². The normalized spacial score (nSPS) is 9.94. The van der Waals surface area contributed by atoms with E-state index < -0.39 is 16.4 Å². The Kier molecular flexibility index (Phi) is 2.95. The standard InChI is InChI=1S/C11H7FN2O3/c12-10-7-9(1-2-11(10)14(15)16)17-8-3-5-13-6-4-8/h1-7H. The molecule has 0 atom stereocenters. The minimum absolute atomic E-state index is 0.194. The topological polar surface area (TPSA) is 65.3 Å². The molecule has 0 saturated heterocycles. The number of nitro benzene ring substituents is 1. The Labute approximate surface area is 95.6 Å². The van der Waals surface area contributed by atoms with Crippen LogP contribution in [0.1, 0.15) is 0 Å². The summed E-state index contributed by atoms with van der Waals surface area (Å²) in [7, 11) is 0. The van der Waals surface area contributed by atoms with E-state index in [1.165, 1.54) is 18.5 Å². The van der Waals surface area contributed by atoms with E-state index in [0.717, 1.165) is 12.1 Å². The molecule has 1 aromatic heterocycles. The number of nitrogens with zero attached hydrogens (tertiary/aromatic N) is 2. The molecule has 2 aromatic rings. The van der Waals surface area contributed by atoms with Crippen molar-refractivity contribution < 1.29 is 14.1 Å². The van der Waals surface area contributed by atoms with Crippen LogP contribution in [0.15, 0.2) is 42.7 Å². The summed E-state index contributed by atoms with van der Waals surface area (Å²) in [5, 5.41) is 10.4. The summed E-state index contributed by atoms with van der Waals surface area (Å²) in [4.78, 5) is 13.4. The molecule has 1 aromatic carbocycles. The third-order valence-corrected chi connectivity index (χ3v) is 2.00. The van der Waals surface area contributed by atoms with E-state index in [2.05, 4.69) is 4.98 Å². The van der Waals surface area contributed by atoms with Crippen LogP contribution in [-0.4, -0.2) is 9.91 Å². The molecule has 0 radical (unpaired) electrons. The number of hydrogen-bond donors (Lipinski definition) is 0. The van der Waals surface area contributed by atoms with Crippen molar-refractivity contribution in [3.63, 3.8) is 0 Å². The molecular formula is C11H7FN2O3. The van der Waals surface area contributed by atoms with Gasteiger partial charge in [0.15, 0.2) is 0 Å². The molecule has 0 fully saturated rings. The van der Waals surface area contributed by atoms with Gasteiger partial charge in [0.2, 0.25) is 5.82 Å². The Morgan fingerprint density at radius 2 is 1.88 bits per heavy atom. The first kappa shape index (κ1) is 11.0. The monoisotopic (exact) mass is 234 g/mol. The molecule has 0 unspecified atom stereocenters. The number of hydrogen-bond acceptors (Lipinski definition) is 4. The third-order valence-electron chi connectivity index (χ3n) is 2.00. The van der Waals surface area contributed by atoms with Gasteiger partial charge in [0, 0.05) is 24.5 Å². The third kappa shape index (κ3) is 2.54. The van der Waals surface area contributed by atoms with Crippen LogP contribution in [0.5, 0.6) is 11.5 Å². The zero-order valence-corrected chi connectivity index (χ0v) is 8.54. The van der Waals surface area contributed by atoms with Gasteiger partial charge in [-0.3, -0.25) is 15.1 Å². The van der Waals surface area contributed by atoms with Gasteiger partial charge in [0.25, 0.3) is 0 Å². The Morgan fingerprint density at radius 3 is 2.47 bits per heavy atom. The highest BCUT2D eigenvalue weighted by molar-refractivity contribution is 5.39. The van der Waals surface area contributed by atoms with Gasteiger partial charge in [0.05, 0.1) is 4.92 Å². The average Bonchev–Trinajstić information content (AvgIpc) is 2.30. The smallest absolute Gasteiger partial charge is 0.305 e. The Hall–Kier alpha value is -2.50. The quantitative estimate of drug-likeness (QED) is 0.605. The van der Waals surface area contributed by atoms with Crippen LogP contribution in [0.2, 0.25) is 0 Å². The summed E-state index contributed by atoms with van der Waals surface area (Å²) in [6.07, 6.45) is 3.05. The summed E-state index contributed by atoms with van der Waals surface area (Å²) in [5.74, 6) is -0.255. The highest BCUT2D eigenvalue weighted by atomic mass is 19.1. The number of benzene rings is 1. The molecular weight excluding hydrogens is 227 g/mol. The zero-order chi connectivity index (χ0) is 12.3. The van der Waals surface area contributed by atoms with Crippen LogP contribution in [0.4, 0.5) is 10.1 Å². The first-order valence-corrected chi connectivity index (χ1v) is 4.68. The van der Waals surface area contributed by atoms with Crippen molar-refractivity contribution in [2.45, 2.75) is 0 Å². The van der Waals surface area contributed by atoms with Crippen molar-refractivity contribution in [2.75, 3.05) is 0 Å². The fraction of sp³-hybridized carbons (Fsp3) is 0. The zero-order valence-electron chi connectivity index (χ0n) is 8.54. The van der Waals surface area contributed by atoms with E-state index >= 15 is 0 Å². The summed E-state index contributed by atoms with van der Waals surface area (Å²) >= 11 is 0. The van der Waals surface area contributed by atoms with E-state index in [9.17, 15) is 14.5 Å². The fourth-order valence-electron chi connectivity index (χ4n) is 1.24. The molecule has 0 spiro atoms. The molecule has 1 heterocycles. The lowest BCUT2D eigenvalue weighted by Crippen LogP contribution is -1.93. The van der Waals surface area contributed by atoms with Gasteiger partial charge in [-0.1, -0.05) is 0 Å². The second-order valence-electron chi connectivity index (χ2n) is 3.16. The molecule has 17 heavy (non-hydrogen) atoms. The maximum absolute atomic E-state index is 13.3. The Morgan fingerprint density at radius 1 is 1.18 bits per heavy atom. The van der Waals surface area contributed by atoms with Crippen LogP contribution < -0.4 is 4.74 Å². The maximum atomic E-state index is 13.3. The average molecular weight is 234 g/mol. The number of nitro groups is 1. The molecule has 0 aliphatic carbocycles. The molecule has 0 N–H and O–H groups in total. The first-order valence-electron chi connectivity index (χ1n) is 4.68. The summed E-state index contributed by atoms with van der Waals surface area (Å²) in [6.45, 7) is 0. The van der Waals surface area contributed by atoms with Crippen LogP contribution in [0, 0.1) is 15.9 Å². The van der Waals surface area contributed by atoms with Gasteiger partial charge in [-0.2, -0.15) is 4.39 Å². The van der Waals surface area contributed by atoms with Crippen LogP contribution in [0.25, 0.3) is 0 Å². The summed E-state index contributed by atoms with van der Waals surface area (Å²) in [6, 6.07) is 6.56. The van der Waals surface area contributed by atoms with Gasteiger partial charge in [-0.25, -0.2) is 0 Å². The highest BCUT2D eigenvalue weighted by Gasteiger charge is 2.14. The van der Waals surface area contributed by atoms with Crippen LogP contribution >= 0.6 is 0 Å². The Balaban J connectivity index is 2.24. The minimum atomic E-state index is -0.929. The minimum Gasteiger partial charge on any atom is -0.457 e. The van der Waals surface area contributed by atoms with Crippen molar-refractivity contribution in [1.29, 1.82) is 0 Å². The number of rotatable bonds is 3. The highest BCUT2D eigenvalue weighted by Crippen LogP contribution is 2.25. The van der Waals surface area contributed by atoms with Gasteiger partial charge in [0.1, 0.15) is 11.5 Å². The molecule has 86 valence electrons. The second kappa shape index (κ2) is 4.56. The molecule has 2 rings (SSSR count). The summed E-state index contributed by atoms with van der Waals surface area (Å²) in [5.41, 5.74) is -0.577. The van der Waals surface area contributed by atoms with E-state index in [-0.39, 0.29) is 5.75 Å². The van der Waals surface area contributed by atoms with Crippen LogP contribution in [0.3, 0.4) is 0 Å². The van der Waals surface area contributed by atoms with Crippen LogP contribution in [-0.2, 0) is 0 Å². The molecule has 6 heteroatoms. The van der Waals surface area contributed by atoms with E-state index in [1.807, 2.05) is 0 Å². The largest absolute Gasteiger partial charge is 0.457 e. The maximum Gasteiger partial charge on any atom is 0.305 e. The Bertz CT molecular complexity index is 546. The second-order valence-corrected chi connectivity index (χ2v) is 3.16. The SMILES string of the molecule is O=[N+]([O-])c1ccc(Oc2ccncc2)cc1F. The predicted octanol–water partition coefficient (Wildman–Crippen LogP) is 2.92. The lowest BCUT2D eigenvalue weighted by atomic mass is 10.3. The molecule has 5 nitrogen and oxygen atoms in total. The number of ether oxygens (including phenoxy) is 1. The van der Waals surface area contributed by atoms with Gasteiger partial charge >= 0.3 is 5.69 Å². The molecule has 0 aliphatic heterocycles. The molecule has 0 aliphatic rings. The molecule has 0 saturated carbocycles. The van der Waals surface area contributed by atoms with Crippen molar-refractivity contribution in [2.24, 2.45) is 0 Å². The molecule has 0 amide bonds. The lowest BCUT2D eigenvalue weighted by molar-refractivity contribution is -0.387. The van der Waals surface area contributed by atoms with Gasteiger partial charge < -0.3 is 4.74 Å². The number of pyridine rings is 1. The predicted molar refractivity (Wildman–Crippen MR) is 57.4 cm³/mol.